The average molecular weight is 392 g/mol. The molecule has 28 heavy (non-hydrogen) atoms. The molecule has 9 heteroatoms. The maximum Gasteiger partial charge on any atom is 0.451 e. The van der Waals surface area contributed by atoms with E-state index in [-0.39, 0.29) is 12.2 Å². The topological polar surface area (TPSA) is 141 Å². The first-order valence-electron chi connectivity index (χ1n) is 9.53. The Morgan fingerprint density at radius 2 is 1.89 bits per heavy atom. The molecular weight excluding hydrogens is 363 g/mol. The van der Waals surface area contributed by atoms with Gasteiger partial charge in [0.05, 0.1) is 5.56 Å². The first-order valence-corrected chi connectivity index (χ1v) is 9.53. The normalized spacial score (nSPS) is 15.8. The van der Waals surface area contributed by atoms with Crippen LogP contribution in [0.15, 0.2) is 24.3 Å². The summed E-state index contributed by atoms with van der Waals surface area (Å²) >= 11 is 0. The molecule has 0 radical (unpaired) electrons. The van der Waals surface area contributed by atoms with E-state index in [1.807, 2.05) is 6.07 Å². The Bertz CT molecular complexity index is 629. The lowest BCUT2D eigenvalue weighted by atomic mass is 9.82. The maximum atomic E-state index is 11.1. The van der Waals surface area contributed by atoms with Gasteiger partial charge in [0.15, 0.2) is 0 Å². The fourth-order valence-corrected chi connectivity index (χ4v) is 3.54. The number of nitrogens with two attached hydrogens (primary N) is 1. The van der Waals surface area contributed by atoms with Crippen LogP contribution in [0.2, 0.25) is 6.32 Å². The van der Waals surface area contributed by atoms with Gasteiger partial charge in [-0.25, -0.2) is 4.79 Å². The third-order valence-corrected chi connectivity index (χ3v) is 5.07. The number of carboxylic acid groups (broad SMARTS) is 1. The Balaban J connectivity index is 0.00000122. The highest BCUT2D eigenvalue weighted by Gasteiger charge is 2.24. The molecule has 0 spiro atoms. The highest BCUT2D eigenvalue weighted by atomic mass is 16.4. The minimum absolute atomic E-state index is 0.174. The molecule has 1 saturated heterocycles. The Morgan fingerprint density at radius 1 is 1.25 bits per heavy atom. The second-order valence-electron chi connectivity index (χ2n) is 7.13. The van der Waals surface area contributed by atoms with Crippen molar-refractivity contribution >= 4 is 19.2 Å². The molecule has 154 valence electrons. The van der Waals surface area contributed by atoms with Crippen molar-refractivity contribution in [2.24, 2.45) is 11.7 Å². The van der Waals surface area contributed by atoms with Crippen molar-refractivity contribution in [2.75, 3.05) is 13.1 Å². The Labute approximate surface area is 165 Å². The van der Waals surface area contributed by atoms with Gasteiger partial charge in [0.2, 0.25) is 0 Å². The van der Waals surface area contributed by atoms with Crippen LogP contribution in [-0.4, -0.2) is 58.4 Å². The maximum absolute atomic E-state index is 11.1. The fraction of sp³-hybridized carbons (Fsp3) is 0.579. The molecule has 2 rings (SSSR count). The lowest BCUT2D eigenvalue weighted by Gasteiger charge is -2.35. The number of hydrogen-bond donors (Lipinski definition) is 4. The summed E-state index contributed by atoms with van der Waals surface area (Å²) in [6, 6.07) is 7.31. The van der Waals surface area contributed by atoms with Crippen molar-refractivity contribution < 1.29 is 29.5 Å². The van der Waals surface area contributed by atoms with E-state index in [1.165, 1.54) is 0 Å². The Kier molecular flexibility index (Phi) is 11.3. The number of nitrogens with zero attached hydrogens (tertiary/aromatic N) is 1. The zero-order valence-corrected chi connectivity index (χ0v) is 16.0. The molecule has 1 aromatic carbocycles. The van der Waals surface area contributed by atoms with E-state index in [2.05, 4.69) is 4.90 Å². The minimum atomic E-state index is -1.21. The molecule has 0 aliphatic carbocycles. The molecule has 1 aliphatic rings. The van der Waals surface area contributed by atoms with Crippen LogP contribution in [-0.2, 0) is 16.1 Å². The standard InChI is InChI=1S/C18H29BN2O4.CO2/c20-17(6-1-2-9-19(24)25)15-7-10-21(11-8-15)13-14-4-3-5-16(12-14)18(22)23;2-1-3/h3-5,12,15,17,24-25H,1-2,6-11,13,20H2,(H,22,23);. The van der Waals surface area contributed by atoms with Crippen LogP contribution in [0.4, 0.5) is 0 Å². The predicted octanol–water partition coefficient (Wildman–Crippen LogP) is 0.984. The molecule has 1 aromatic rings. The van der Waals surface area contributed by atoms with E-state index in [0.717, 1.165) is 57.3 Å². The SMILES string of the molecule is NC(CCCCB(O)O)C1CCN(Cc2cccc(C(=O)O)c2)CC1.O=C=O. The molecule has 0 saturated carbocycles. The third-order valence-electron chi connectivity index (χ3n) is 5.07. The van der Waals surface area contributed by atoms with Crippen molar-refractivity contribution in [3.8, 4) is 0 Å². The summed E-state index contributed by atoms with van der Waals surface area (Å²) in [5.74, 6) is -0.374. The van der Waals surface area contributed by atoms with Gasteiger partial charge in [-0.1, -0.05) is 25.0 Å². The number of rotatable bonds is 9. The predicted molar refractivity (Wildman–Crippen MR) is 103 cm³/mol. The first-order chi connectivity index (χ1) is 13.4. The van der Waals surface area contributed by atoms with Crippen LogP contribution >= 0.6 is 0 Å². The van der Waals surface area contributed by atoms with E-state index in [1.54, 1.807) is 18.2 Å². The zero-order valence-electron chi connectivity index (χ0n) is 16.0. The van der Waals surface area contributed by atoms with Crippen molar-refractivity contribution in [1.29, 1.82) is 0 Å². The van der Waals surface area contributed by atoms with Gasteiger partial charge >= 0.3 is 19.2 Å². The summed E-state index contributed by atoms with van der Waals surface area (Å²) in [4.78, 5) is 29.7. The van der Waals surface area contributed by atoms with E-state index >= 15 is 0 Å². The second-order valence-corrected chi connectivity index (χ2v) is 7.13. The van der Waals surface area contributed by atoms with Gasteiger partial charge in [0, 0.05) is 12.6 Å². The van der Waals surface area contributed by atoms with Crippen molar-refractivity contribution in [3.63, 3.8) is 0 Å². The van der Waals surface area contributed by atoms with E-state index in [0.29, 0.717) is 17.8 Å². The Morgan fingerprint density at radius 3 is 2.46 bits per heavy atom. The van der Waals surface area contributed by atoms with Crippen molar-refractivity contribution in [3.05, 3.63) is 35.4 Å². The summed E-state index contributed by atoms with van der Waals surface area (Å²) in [5.41, 5.74) is 7.68. The quantitative estimate of drug-likeness (QED) is 0.360. The minimum Gasteiger partial charge on any atom is -0.478 e. The smallest absolute Gasteiger partial charge is 0.451 e. The zero-order chi connectivity index (χ0) is 20.9. The number of piperidine rings is 1. The lowest BCUT2D eigenvalue weighted by molar-refractivity contribution is -0.191. The van der Waals surface area contributed by atoms with Gasteiger partial charge in [0.1, 0.15) is 0 Å². The van der Waals surface area contributed by atoms with E-state index in [4.69, 9.17) is 30.5 Å². The van der Waals surface area contributed by atoms with Crippen molar-refractivity contribution in [2.45, 2.75) is 51.0 Å². The van der Waals surface area contributed by atoms with Crippen LogP contribution in [0.5, 0.6) is 0 Å². The number of carbonyl (C=O) groups excluding carboxylic acids is 2. The van der Waals surface area contributed by atoms with Crippen LogP contribution in [0.1, 0.15) is 48.0 Å². The van der Waals surface area contributed by atoms with Gasteiger partial charge in [-0.3, -0.25) is 4.90 Å². The fourth-order valence-electron chi connectivity index (χ4n) is 3.54. The highest BCUT2D eigenvalue weighted by Crippen LogP contribution is 2.24. The summed E-state index contributed by atoms with van der Waals surface area (Å²) in [7, 11) is -1.21. The number of benzene rings is 1. The largest absolute Gasteiger partial charge is 0.478 e. The van der Waals surface area contributed by atoms with Gasteiger partial charge in [-0.2, -0.15) is 9.59 Å². The van der Waals surface area contributed by atoms with Crippen LogP contribution < -0.4 is 5.73 Å². The summed E-state index contributed by atoms with van der Waals surface area (Å²) in [5, 5.41) is 26.8. The van der Waals surface area contributed by atoms with Crippen LogP contribution in [0.25, 0.3) is 0 Å². The number of unbranched alkanes of at least 4 members (excludes halogenated alkanes) is 1. The molecule has 0 bridgehead atoms. The number of carboxylic acids is 1. The summed E-state index contributed by atoms with van der Waals surface area (Å²) < 4.78 is 0. The van der Waals surface area contributed by atoms with Crippen molar-refractivity contribution in [1.82, 2.24) is 4.90 Å². The molecule has 1 unspecified atom stereocenters. The second kappa shape index (κ2) is 13.2. The van der Waals surface area contributed by atoms with Gasteiger partial charge in [-0.05, 0) is 62.3 Å². The lowest BCUT2D eigenvalue weighted by Crippen LogP contribution is -2.40. The number of likely N-dealkylation sites (tertiary alicyclic amines) is 1. The highest BCUT2D eigenvalue weighted by molar-refractivity contribution is 6.40. The van der Waals surface area contributed by atoms with E-state index in [9.17, 15) is 4.79 Å². The molecule has 1 atom stereocenters. The molecular formula is C19H29BN2O6. The molecule has 1 fully saturated rings. The monoisotopic (exact) mass is 392 g/mol. The van der Waals surface area contributed by atoms with Gasteiger partial charge in [0.25, 0.3) is 0 Å². The van der Waals surface area contributed by atoms with Crippen LogP contribution in [0.3, 0.4) is 0 Å². The van der Waals surface area contributed by atoms with Gasteiger partial charge in [-0.15, -0.1) is 0 Å². The number of hydrogen-bond acceptors (Lipinski definition) is 7. The molecule has 0 amide bonds. The molecule has 8 nitrogen and oxygen atoms in total. The first kappa shape index (κ1) is 24.0. The van der Waals surface area contributed by atoms with Gasteiger partial charge < -0.3 is 20.9 Å². The Hall–Kier alpha value is -2.03. The number of carbonyl (C=O) groups is 1. The summed E-state index contributed by atoms with van der Waals surface area (Å²) in [6.45, 7) is 2.73. The number of aromatic carboxylic acids is 1. The molecule has 1 aliphatic heterocycles. The molecule has 5 N–H and O–H groups in total. The molecule has 0 aromatic heterocycles. The molecule has 1 heterocycles. The third kappa shape index (κ3) is 9.26. The van der Waals surface area contributed by atoms with E-state index < -0.39 is 13.1 Å². The van der Waals surface area contributed by atoms with Crippen LogP contribution in [0, 0.1) is 5.92 Å². The summed E-state index contributed by atoms with van der Waals surface area (Å²) in [6.07, 6.45) is 5.44. The average Bonchev–Trinajstić information content (AvgIpc) is 2.66.